The molecule has 0 radical (unpaired) electrons. The normalized spacial score (nSPS) is 17.9. The minimum Gasteiger partial charge on any atom is -0.371 e. The van der Waals surface area contributed by atoms with Gasteiger partial charge >= 0.3 is 0 Å². The molecule has 2 saturated heterocycles. The number of hydrogen-bond donors (Lipinski definition) is 1. The van der Waals surface area contributed by atoms with Crippen LogP contribution in [0.25, 0.3) is 0 Å². The summed E-state index contributed by atoms with van der Waals surface area (Å²) in [5, 5.41) is 3.18. The molecule has 2 aromatic carbocycles. The van der Waals surface area contributed by atoms with Gasteiger partial charge in [-0.2, -0.15) is 0 Å². The smallest absolute Gasteiger partial charge is 0.256 e. The maximum atomic E-state index is 13.4. The third kappa shape index (κ3) is 5.56. The van der Waals surface area contributed by atoms with Gasteiger partial charge < -0.3 is 15.1 Å². The first-order valence-corrected chi connectivity index (χ1v) is 12.2. The number of benzene rings is 2. The summed E-state index contributed by atoms with van der Waals surface area (Å²) < 4.78 is 0. The van der Waals surface area contributed by atoms with Crippen molar-refractivity contribution >= 4 is 17.5 Å². The highest BCUT2D eigenvalue weighted by Gasteiger charge is 2.28. The SMILES string of the molecule is Cc1ccc(C(=O)NC2CCN(c3ccccc3C(=O)N3CCN(C(C)C)CC3)CC2)cc1. The van der Waals surface area contributed by atoms with Gasteiger partial charge in [0.25, 0.3) is 11.8 Å². The van der Waals surface area contributed by atoms with Crippen LogP contribution in [-0.2, 0) is 0 Å². The van der Waals surface area contributed by atoms with E-state index in [1.54, 1.807) is 0 Å². The van der Waals surface area contributed by atoms with Crippen molar-refractivity contribution in [2.75, 3.05) is 44.2 Å². The highest BCUT2D eigenvalue weighted by Crippen LogP contribution is 2.26. The molecule has 2 aromatic rings. The van der Waals surface area contributed by atoms with Crippen LogP contribution in [0.5, 0.6) is 0 Å². The quantitative estimate of drug-likeness (QED) is 0.760. The summed E-state index contributed by atoms with van der Waals surface area (Å²) in [6.45, 7) is 11.5. The zero-order valence-corrected chi connectivity index (χ0v) is 20.1. The molecule has 0 unspecified atom stereocenters. The van der Waals surface area contributed by atoms with Gasteiger partial charge in [-0.1, -0.05) is 29.8 Å². The molecule has 2 amide bonds. The molecular weight excluding hydrogens is 412 g/mol. The highest BCUT2D eigenvalue weighted by molar-refractivity contribution is 6.00. The summed E-state index contributed by atoms with van der Waals surface area (Å²) in [5.41, 5.74) is 3.65. The van der Waals surface area contributed by atoms with Crippen molar-refractivity contribution in [2.24, 2.45) is 0 Å². The average molecular weight is 449 g/mol. The van der Waals surface area contributed by atoms with E-state index >= 15 is 0 Å². The fourth-order valence-electron chi connectivity index (χ4n) is 4.78. The van der Waals surface area contributed by atoms with Crippen molar-refractivity contribution in [3.63, 3.8) is 0 Å². The second kappa shape index (κ2) is 10.4. The van der Waals surface area contributed by atoms with Crippen LogP contribution in [-0.4, -0.2) is 73.0 Å². The Kier molecular flexibility index (Phi) is 7.33. The number of carbonyl (C=O) groups excluding carboxylic acids is 2. The number of anilines is 1. The number of hydrogen-bond acceptors (Lipinski definition) is 4. The predicted molar refractivity (Wildman–Crippen MR) is 133 cm³/mol. The Morgan fingerprint density at radius 2 is 1.52 bits per heavy atom. The van der Waals surface area contributed by atoms with E-state index in [0.717, 1.165) is 68.9 Å². The largest absolute Gasteiger partial charge is 0.371 e. The molecule has 6 nitrogen and oxygen atoms in total. The Morgan fingerprint density at radius 3 is 2.15 bits per heavy atom. The molecular formula is C27H36N4O2. The number of nitrogens with one attached hydrogen (secondary N) is 1. The summed E-state index contributed by atoms with van der Waals surface area (Å²) in [6.07, 6.45) is 1.74. The minimum atomic E-state index is -0.00966. The van der Waals surface area contributed by atoms with Gasteiger partial charge in [0.05, 0.1) is 5.56 Å². The molecule has 2 aliphatic rings. The lowest BCUT2D eigenvalue weighted by Crippen LogP contribution is -2.51. The van der Waals surface area contributed by atoms with Crippen LogP contribution in [0, 0.1) is 6.92 Å². The molecule has 2 heterocycles. The molecule has 0 bridgehead atoms. The zero-order valence-electron chi connectivity index (χ0n) is 20.1. The molecule has 2 aliphatic heterocycles. The topological polar surface area (TPSA) is 55.9 Å². The number of para-hydroxylation sites is 1. The van der Waals surface area contributed by atoms with Crippen molar-refractivity contribution < 1.29 is 9.59 Å². The van der Waals surface area contributed by atoms with E-state index in [9.17, 15) is 9.59 Å². The maximum Gasteiger partial charge on any atom is 0.256 e. The number of piperidine rings is 1. The van der Waals surface area contributed by atoms with E-state index in [2.05, 4.69) is 35.0 Å². The van der Waals surface area contributed by atoms with Gasteiger partial charge in [0.2, 0.25) is 0 Å². The fourth-order valence-corrected chi connectivity index (χ4v) is 4.78. The summed E-state index contributed by atoms with van der Waals surface area (Å²) >= 11 is 0. The van der Waals surface area contributed by atoms with E-state index in [1.165, 1.54) is 0 Å². The van der Waals surface area contributed by atoms with Crippen LogP contribution in [0.1, 0.15) is 53.0 Å². The molecule has 33 heavy (non-hydrogen) atoms. The van der Waals surface area contributed by atoms with Gasteiger partial charge in [-0.15, -0.1) is 0 Å². The zero-order chi connectivity index (χ0) is 23.4. The van der Waals surface area contributed by atoms with Crippen LogP contribution in [0.15, 0.2) is 48.5 Å². The van der Waals surface area contributed by atoms with E-state index in [1.807, 2.05) is 54.3 Å². The number of piperazine rings is 1. The molecule has 0 saturated carbocycles. The molecule has 2 fully saturated rings. The first-order chi connectivity index (χ1) is 15.9. The van der Waals surface area contributed by atoms with E-state index in [4.69, 9.17) is 0 Å². The van der Waals surface area contributed by atoms with Crippen molar-refractivity contribution in [3.05, 3.63) is 65.2 Å². The van der Waals surface area contributed by atoms with Crippen LogP contribution >= 0.6 is 0 Å². The van der Waals surface area contributed by atoms with Gasteiger partial charge in [-0.25, -0.2) is 0 Å². The Hall–Kier alpha value is -2.86. The second-order valence-corrected chi connectivity index (χ2v) is 9.54. The first kappa shape index (κ1) is 23.3. The highest BCUT2D eigenvalue weighted by atomic mass is 16.2. The van der Waals surface area contributed by atoms with Gasteiger partial charge in [0.1, 0.15) is 0 Å². The Balaban J connectivity index is 1.36. The Morgan fingerprint density at radius 1 is 0.879 bits per heavy atom. The second-order valence-electron chi connectivity index (χ2n) is 9.54. The van der Waals surface area contributed by atoms with Crippen molar-refractivity contribution in [1.29, 1.82) is 0 Å². The number of rotatable bonds is 5. The molecule has 0 atom stereocenters. The Labute approximate surface area is 197 Å². The van der Waals surface area contributed by atoms with E-state index < -0.39 is 0 Å². The standard InChI is InChI=1S/C27H36N4O2/c1-20(2)29-16-18-31(19-17-29)27(33)24-6-4-5-7-25(24)30-14-12-23(13-15-30)28-26(32)22-10-8-21(3)9-11-22/h4-11,20,23H,12-19H2,1-3H3,(H,28,32). The predicted octanol–water partition coefficient (Wildman–Crippen LogP) is 3.56. The molecule has 6 heteroatoms. The van der Waals surface area contributed by atoms with E-state index in [-0.39, 0.29) is 17.9 Å². The number of carbonyl (C=O) groups is 2. The molecule has 1 N–H and O–H groups in total. The molecule has 0 spiro atoms. The summed E-state index contributed by atoms with van der Waals surface area (Å²) in [6, 6.07) is 16.3. The number of amides is 2. The Bertz CT molecular complexity index is 956. The van der Waals surface area contributed by atoms with Crippen LogP contribution in [0.4, 0.5) is 5.69 Å². The molecule has 4 rings (SSSR count). The van der Waals surface area contributed by atoms with Crippen LogP contribution < -0.4 is 10.2 Å². The maximum absolute atomic E-state index is 13.4. The first-order valence-electron chi connectivity index (χ1n) is 12.2. The van der Waals surface area contributed by atoms with Crippen molar-refractivity contribution in [3.8, 4) is 0 Å². The molecule has 0 aromatic heterocycles. The van der Waals surface area contributed by atoms with Crippen LogP contribution in [0.3, 0.4) is 0 Å². The fraction of sp³-hybridized carbons (Fsp3) is 0.481. The van der Waals surface area contributed by atoms with Crippen molar-refractivity contribution in [1.82, 2.24) is 15.1 Å². The van der Waals surface area contributed by atoms with Gasteiger partial charge in [-0.3, -0.25) is 14.5 Å². The van der Waals surface area contributed by atoms with Gasteiger partial charge in [0, 0.05) is 62.6 Å². The van der Waals surface area contributed by atoms with Gasteiger partial charge in [-0.05, 0) is 57.9 Å². The summed E-state index contributed by atoms with van der Waals surface area (Å²) in [5.74, 6) is 0.119. The number of aryl methyl sites for hydroxylation is 1. The molecule has 176 valence electrons. The monoisotopic (exact) mass is 448 g/mol. The average Bonchev–Trinajstić information content (AvgIpc) is 2.84. The molecule has 0 aliphatic carbocycles. The number of nitrogens with zero attached hydrogens (tertiary/aromatic N) is 3. The van der Waals surface area contributed by atoms with Gasteiger partial charge in [0.15, 0.2) is 0 Å². The van der Waals surface area contributed by atoms with E-state index in [0.29, 0.717) is 11.6 Å². The van der Waals surface area contributed by atoms with Crippen molar-refractivity contribution in [2.45, 2.75) is 45.7 Å². The lowest BCUT2D eigenvalue weighted by atomic mass is 10.0. The minimum absolute atomic E-state index is 0.00966. The third-order valence-corrected chi connectivity index (χ3v) is 6.95. The lowest BCUT2D eigenvalue weighted by molar-refractivity contribution is 0.0596. The third-order valence-electron chi connectivity index (χ3n) is 6.95. The lowest BCUT2D eigenvalue weighted by Gasteiger charge is -2.38. The summed E-state index contributed by atoms with van der Waals surface area (Å²) in [4.78, 5) is 32.6. The van der Waals surface area contributed by atoms with Crippen LogP contribution in [0.2, 0.25) is 0 Å². The summed E-state index contributed by atoms with van der Waals surface area (Å²) in [7, 11) is 0.